The molecule has 1 aliphatic rings. The third-order valence-electron chi connectivity index (χ3n) is 4.72. The number of piperidine rings is 1. The highest BCUT2D eigenvalue weighted by molar-refractivity contribution is 5.78. The monoisotopic (exact) mass is 368 g/mol. The van der Waals surface area contributed by atoms with Crippen LogP contribution in [0.5, 0.6) is 0 Å². The smallest absolute Gasteiger partial charge is 0.303 e. The number of nitrogens with one attached hydrogen (secondary N) is 1. The molecule has 5 nitrogen and oxygen atoms in total. The molecule has 1 heterocycles. The van der Waals surface area contributed by atoms with E-state index in [1.807, 2.05) is 4.90 Å². The van der Waals surface area contributed by atoms with E-state index >= 15 is 0 Å². The molecule has 144 valence electrons. The van der Waals surface area contributed by atoms with Gasteiger partial charge in [-0.05, 0) is 57.2 Å². The van der Waals surface area contributed by atoms with Crippen LogP contribution in [-0.2, 0) is 16.0 Å². The van der Waals surface area contributed by atoms with Gasteiger partial charge in [0.05, 0.1) is 6.54 Å². The highest BCUT2D eigenvalue weighted by Crippen LogP contribution is 2.20. The fraction of sp³-hybridized carbons (Fsp3) is 0.579. The number of aliphatic carboxylic acids is 1. The number of carbonyl (C=O) groups is 2. The summed E-state index contributed by atoms with van der Waals surface area (Å²) in [7, 11) is 0. The van der Waals surface area contributed by atoms with E-state index in [9.17, 15) is 18.4 Å². The number of hydrogen-bond donors (Lipinski definition) is 2. The van der Waals surface area contributed by atoms with Gasteiger partial charge >= 0.3 is 5.97 Å². The number of hydrogen-bond acceptors (Lipinski definition) is 3. The molecule has 0 aromatic heterocycles. The summed E-state index contributed by atoms with van der Waals surface area (Å²) < 4.78 is 27.4. The fourth-order valence-electron chi connectivity index (χ4n) is 3.47. The third kappa shape index (κ3) is 6.37. The zero-order valence-corrected chi connectivity index (χ0v) is 15.0. The minimum absolute atomic E-state index is 0.0213. The van der Waals surface area contributed by atoms with Gasteiger partial charge in [0, 0.05) is 24.6 Å². The maximum Gasteiger partial charge on any atom is 0.303 e. The lowest BCUT2D eigenvalue weighted by atomic mass is 9.93. The van der Waals surface area contributed by atoms with Crippen molar-refractivity contribution in [2.45, 2.75) is 45.1 Å². The second-order valence-corrected chi connectivity index (χ2v) is 7.05. The van der Waals surface area contributed by atoms with Crippen LogP contribution in [0.25, 0.3) is 0 Å². The average molecular weight is 368 g/mol. The van der Waals surface area contributed by atoms with E-state index in [2.05, 4.69) is 5.32 Å². The van der Waals surface area contributed by atoms with Crippen molar-refractivity contribution in [2.24, 2.45) is 5.92 Å². The molecule has 0 spiro atoms. The molecule has 2 rings (SSSR count). The van der Waals surface area contributed by atoms with Crippen molar-refractivity contribution in [1.29, 1.82) is 0 Å². The summed E-state index contributed by atoms with van der Waals surface area (Å²) in [4.78, 5) is 24.9. The summed E-state index contributed by atoms with van der Waals surface area (Å²) in [5, 5.41) is 11.6. The maximum absolute atomic E-state index is 13.7. The van der Waals surface area contributed by atoms with Crippen LogP contribution in [-0.4, -0.2) is 47.6 Å². The van der Waals surface area contributed by atoms with Crippen molar-refractivity contribution < 1.29 is 23.5 Å². The molecule has 2 unspecified atom stereocenters. The van der Waals surface area contributed by atoms with Crippen LogP contribution in [0.4, 0.5) is 8.78 Å². The van der Waals surface area contributed by atoms with E-state index in [4.69, 9.17) is 5.11 Å². The zero-order valence-electron chi connectivity index (χ0n) is 15.0. The third-order valence-corrected chi connectivity index (χ3v) is 4.72. The number of carboxylic acids is 1. The van der Waals surface area contributed by atoms with Crippen molar-refractivity contribution in [3.63, 3.8) is 0 Å². The van der Waals surface area contributed by atoms with E-state index in [-0.39, 0.29) is 42.8 Å². The van der Waals surface area contributed by atoms with E-state index in [0.717, 1.165) is 19.4 Å². The lowest BCUT2D eigenvalue weighted by Gasteiger charge is -2.32. The molecule has 26 heavy (non-hydrogen) atoms. The maximum atomic E-state index is 13.7. The number of nitrogens with zero attached hydrogens (tertiary/aromatic N) is 1. The highest BCUT2D eigenvalue weighted by atomic mass is 19.1. The Hall–Kier alpha value is -2.02. The number of carboxylic acid groups (broad SMARTS) is 1. The molecule has 1 aliphatic heterocycles. The molecule has 2 atom stereocenters. The first-order valence-corrected chi connectivity index (χ1v) is 9.01. The molecule has 1 amide bonds. The Bertz CT molecular complexity index is 619. The van der Waals surface area contributed by atoms with E-state index < -0.39 is 17.6 Å². The Morgan fingerprint density at radius 2 is 2.04 bits per heavy atom. The molecule has 0 bridgehead atoms. The minimum atomic E-state index is -0.797. The van der Waals surface area contributed by atoms with E-state index in [0.29, 0.717) is 13.0 Å². The first-order chi connectivity index (χ1) is 12.3. The van der Waals surface area contributed by atoms with Crippen molar-refractivity contribution in [2.75, 3.05) is 19.6 Å². The summed E-state index contributed by atoms with van der Waals surface area (Å²) in [5.74, 6) is -1.91. The number of rotatable bonds is 8. The lowest BCUT2D eigenvalue weighted by Crippen LogP contribution is -2.45. The predicted octanol–water partition coefficient (Wildman–Crippen LogP) is 2.59. The van der Waals surface area contributed by atoms with Gasteiger partial charge in [0.15, 0.2) is 0 Å². The molecule has 0 saturated carbocycles. The Morgan fingerprint density at radius 1 is 1.35 bits per heavy atom. The topological polar surface area (TPSA) is 69.6 Å². The summed E-state index contributed by atoms with van der Waals surface area (Å²) in [5.41, 5.74) is -0.0213. The summed E-state index contributed by atoms with van der Waals surface area (Å²) >= 11 is 0. The summed E-state index contributed by atoms with van der Waals surface area (Å²) in [6, 6.07) is 3.34. The van der Waals surface area contributed by atoms with Gasteiger partial charge in [-0.1, -0.05) is 6.07 Å². The van der Waals surface area contributed by atoms with Crippen molar-refractivity contribution in [3.05, 3.63) is 35.4 Å². The molecular formula is C19H26F2N2O3. The zero-order chi connectivity index (χ0) is 19.1. The summed E-state index contributed by atoms with van der Waals surface area (Å²) in [6.45, 7) is 3.44. The molecule has 0 aliphatic carbocycles. The quantitative estimate of drug-likeness (QED) is 0.740. The molecule has 1 aromatic rings. The number of carbonyl (C=O) groups excluding carboxylic acids is 1. The minimum Gasteiger partial charge on any atom is -0.481 e. The average Bonchev–Trinajstić information content (AvgIpc) is 2.56. The molecular weight excluding hydrogens is 342 g/mol. The van der Waals surface area contributed by atoms with Gasteiger partial charge in [0.2, 0.25) is 5.91 Å². The Labute approximate surface area is 152 Å². The Morgan fingerprint density at radius 3 is 2.69 bits per heavy atom. The lowest BCUT2D eigenvalue weighted by molar-refractivity contribution is -0.137. The van der Waals surface area contributed by atoms with Gasteiger partial charge < -0.3 is 10.4 Å². The van der Waals surface area contributed by atoms with Crippen LogP contribution in [0.1, 0.15) is 38.2 Å². The molecule has 2 N–H and O–H groups in total. The van der Waals surface area contributed by atoms with Crippen LogP contribution in [0.15, 0.2) is 18.2 Å². The van der Waals surface area contributed by atoms with Gasteiger partial charge in [-0.3, -0.25) is 14.5 Å². The van der Waals surface area contributed by atoms with Gasteiger partial charge in [-0.2, -0.15) is 0 Å². The number of halogens is 2. The fourth-order valence-corrected chi connectivity index (χ4v) is 3.47. The number of amides is 1. The largest absolute Gasteiger partial charge is 0.481 e. The second kappa shape index (κ2) is 9.62. The predicted molar refractivity (Wildman–Crippen MR) is 93.7 cm³/mol. The summed E-state index contributed by atoms with van der Waals surface area (Å²) in [6.07, 6.45) is 2.78. The van der Waals surface area contributed by atoms with E-state index in [1.165, 1.54) is 18.2 Å². The van der Waals surface area contributed by atoms with Crippen LogP contribution >= 0.6 is 0 Å². The van der Waals surface area contributed by atoms with Gasteiger partial charge in [0.25, 0.3) is 0 Å². The van der Waals surface area contributed by atoms with Crippen LogP contribution in [0, 0.1) is 17.6 Å². The first-order valence-electron chi connectivity index (χ1n) is 9.01. The van der Waals surface area contributed by atoms with E-state index in [1.54, 1.807) is 6.92 Å². The van der Waals surface area contributed by atoms with Crippen molar-refractivity contribution in [1.82, 2.24) is 10.2 Å². The standard InChI is InChI=1S/C19H26F2N2O3/c1-13(10-15-16(20)5-2-6-17(15)21)22-18(24)12-23-9-3-4-14(11-23)7-8-19(25)26/h2,5-6,13-14H,3-4,7-12H2,1H3,(H,22,24)(H,25,26). The first kappa shape index (κ1) is 20.3. The SMILES string of the molecule is CC(Cc1c(F)cccc1F)NC(=O)CN1CCCC(CCC(=O)O)C1. The van der Waals surface area contributed by atoms with Crippen LogP contribution in [0.2, 0.25) is 0 Å². The number of benzene rings is 1. The van der Waals surface area contributed by atoms with Crippen LogP contribution in [0.3, 0.4) is 0 Å². The molecule has 1 fully saturated rings. The second-order valence-electron chi connectivity index (χ2n) is 7.05. The van der Waals surface area contributed by atoms with Crippen LogP contribution < -0.4 is 5.32 Å². The normalized spacial score (nSPS) is 19.1. The Balaban J connectivity index is 1.79. The molecule has 1 aromatic carbocycles. The molecule has 1 saturated heterocycles. The molecule has 7 heteroatoms. The highest BCUT2D eigenvalue weighted by Gasteiger charge is 2.23. The Kier molecular flexibility index (Phi) is 7.50. The van der Waals surface area contributed by atoms with Crippen molar-refractivity contribution >= 4 is 11.9 Å². The van der Waals surface area contributed by atoms with Crippen molar-refractivity contribution in [3.8, 4) is 0 Å². The van der Waals surface area contributed by atoms with Gasteiger partial charge in [-0.25, -0.2) is 8.78 Å². The molecule has 0 radical (unpaired) electrons. The van der Waals surface area contributed by atoms with Gasteiger partial charge in [-0.15, -0.1) is 0 Å². The number of likely N-dealkylation sites (tertiary alicyclic amines) is 1. The van der Waals surface area contributed by atoms with Gasteiger partial charge in [0.1, 0.15) is 11.6 Å².